The Hall–Kier alpha value is -1.70. The van der Waals surface area contributed by atoms with Crippen molar-refractivity contribution < 1.29 is 8.42 Å². The highest BCUT2D eigenvalue weighted by atomic mass is 32.2. The van der Waals surface area contributed by atoms with E-state index in [0.29, 0.717) is 5.92 Å². The molecule has 0 bridgehead atoms. The summed E-state index contributed by atoms with van der Waals surface area (Å²) in [6, 6.07) is 12.6. The van der Waals surface area contributed by atoms with Crippen molar-refractivity contribution in [3.05, 3.63) is 53.3 Å². The summed E-state index contributed by atoms with van der Waals surface area (Å²) in [6.07, 6.45) is 2.29. The van der Waals surface area contributed by atoms with Gasteiger partial charge in [0.1, 0.15) is 0 Å². The molecule has 136 valence electrons. The lowest BCUT2D eigenvalue weighted by Crippen LogP contribution is -2.34. The largest absolute Gasteiger partial charge is 0.296 e. The van der Waals surface area contributed by atoms with Crippen LogP contribution >= 0.6 is 0 Å². The first-order chi connectivity index (χ1) is 11.9. The van der Waals surface area contributed by atoms with Gasteiger partial charge in [-0.15, -0.1) is 0 Å². The second-order valence-electron chi connectivity index (χ2n) is 6.82. The second-order valence-corrected chi connectivity index (χ2v) is 8.65. The Balaban J connectivity index is 1.53. The Morgan fingerprint density at radius 1 is 1.24 bits per heavy atom. The van der Waals surface area contributed by atoms with Crippen LogP contribution in [0.15, 0.2) is 36.4 Å². The third kappa shape index (κ3) is 5.14. The molecule has 0 radical (unpaired) electrons. The number of sulfonamides is 1. The fourth-order valence-corrected chi connectivity index (χ4v) is 3.60. The highest BCUT2D eigenvalue weighted by Crippen LogP contribution is 2.21. The molecule has 25 heavy (non-hydrogen) atoms. The van der Waals surface area contributed by atoms with Crippen LogP contribution in [0.5, 0.6) is 0 Å². The molecular formula is C18H26N4O2S. The fourth-order valence-electron chi connectivity index (χ4n) is 3.19. The number of fused-ring (bicyclic) bond motifs is 1. The van der Waals surface area contributed by atoms with Gasteiger partial charge in [0.25, 0.3) is 0 Å². The summed E-state index contributed by atoms with van der Waals surface area (Å²) < 4.78 is 26.9. The summed E-state index contributed by atoms with van der Waals surface area (Å²) >= 11 is 0. The maximum Gasteiger partial charge on any atom is 0.209 e. The summed E-state index contributed by atoms with van der Waals surface area (Å²) in [5, 5.41) is 4.49. The quantitative estimate of drug-likeness (QED) is 0.817. The highest BCUT2D eigenvalue weighted by molar-refractivity contribution is 7.88. The van der Waals surface area contributed by atoms with Crippen molar-refractivity contribution in [3.63, 3.8) is 0 Å². The lowest BCUT2D eigenvalue weighted by atomic mass is 9.97. The van der Waals surface area contributed by atoms with Crippen molar-refractivity contribution in [1.29, 1.82) is 0 Å². The topological polar surface area (TPSA) is 67.2 Å². The average Bonchev–Trinajstić information content (AvgIpc) is 3.00. The smallest absolute Gasteiger partial charge is 0.209 e. The summed E-state index contributed by atoms with van der Waals surface area (Å²) in [5.41, 5.74) is 3.32. The monoisotopic (exact) mass is 362 g/mol. The molecule has 0 saturated carbocycles. The van der Waals surface area contributed by atoms with Gasteiger partial charge in [0.15, 0.2) is 0 Å². The van der Waals surface area contributed by atoms with Gasteiger partial charge in [0, 0.05) is 13.1 Å². The Kier molecular flexibility index (Phi) is 5.56. The number of rotatable bonds is 7. The van der Waals surface area contributed by atoms with Crippen molar-refractivity contribution >= 4 is 10.0 Å². The molecule has 6 nitrogen and oxygen atoms in total. The zero-order chi connectivity index (χ0) is 17.9. The van der Waals surface area contributed by atoms with Gasteiger partial charge >= 0.3 is 0 Å². The summed E-state index contributed by atoms with van der Waals surface area (Å²) in [4.78, 5) is 2.45. The van der Waals surface area contributed by atoms with Crippen molar-refractivity contribution in [2.45, 2.75) is 38.9 Å². The molecule has 2 heterocycles. The minimum absolute atomic E-state index is 0.254. The second kappa shape index (κ2) is 7.68. The van der Waals surface area contributed by atoms with Crippen LogP contribution in [0.4, 0.5) is 0 Å². The predicted octanol–water partition coefficient (Wildman–Crippen LogP) is 1.94. The normalized spacial score (nSPS) is 16.6. The van der Waals surface area contributed by atoms with Crippen LogP contribution in [-0.4, -0.2) is 42.4 Å². The van der Waals surface area contributed by atoms with E-state index < -0.39 is 10.0 Å². The van der Waals surface area contributed by atoms with E-state index in [1.807, 2.05) is 10.7 Å². The molecule has 1 aromatic carbocycles. The van der Waals surface area contributed by atoms with Gasteiger partial charge in [-0.3, -0.25) is 9.58 Å². The van der Waals surface area contributed by atoms with Crippen molar-refractivity contribution in [2.24, 2.45) is 0 Å². The molecule has 1 atom stereocenters. The number of hydrogen-bond acceptors (Lipinski definition) is 4. The SMILES string of the molecule is C[C@@H](CCN1CCn2nc(CNS(C)(=O)=O)cc2C1)c1ccccc1. The number of nitrogens with zero attached hydrogens (tertiary/aromatic N) is 3. The third-order valence-electron chi connectivity index (χ3n) is 4.69. The van der Waals surface area contributed by atoms with Crippen molar-refractivity contribution in [2.75, 3.05) is 19.3 Å². The highest BCUT2D eigenvalue weighted by Gasteiger charge is 2.19. The van der Waals surface area contributed by atoms with Gasteiger partial charge in [-0.05, 0) is 30.5 Å². The molecule has 0 fully saturated rings. The molecule has 1 aliphatic heterocycles. The van der Waals surface area contributed by atoms with Gasteiger partial charge < -0.3 is 0 Å². The Morgan fingerprint density at radius 2 is 2.00 bits per heavy atom. The number of nitrogens with one attached hydrogen (secondary N) is 1. The molecule has 1 N–H and O–H groups in total. The van der Waals surface area contributed by atoms with E-state index in [2.05, 4.69) is 52.0 Å². The predicted molar refractivity (Wildman–Crippen MR) is 98.7 cm³/mol. The summed E-state index contributed by atoms with van der Waals surface area (Å²) in [7, 11) is -3.19. The van der Waals surface area contributed by atoms with E-state index in [1.165, 1.54) is 11.8 Å². The summed E-state index contributed by atoms with van der Waals surface area (Å²) in [6.45, 7) is 6.29. The van der Waals surface area contributed by atoms with Gasteiger partial charge in [-0.1, -0.05) is 37.3 Å². The molecule has 0 unspecified atom stereocenters. The van der Waals surface area contributed by atoms with Crippen molar-refractivity contribution in [1.82, 2.24) is 19.4 Å². The van der Waals surface area contributed by atoms with Gasteiger partial charge in [0.05, 0.1) is 30.7 Å². The maximum atomic E-state index is 11.2. The molecule has 7 heteroatoms. The number of hydrogen-bond donors (Lipinski definition) is 1. The summed E-state index contributed by atoms with van der Waals surface area (Å²) in [5.74, 6) is 0.544. The van der Waals surface area contributed by atoms with Gasteiger partial charge in [-0.2, -0.15) is 5.10 Å². The molecule has 0 aliphatic carbocycles. The van der Waals surface area contributed by atoms with Crippen LogP contribution in [0.3, 0.4) is 0 Å². The van der Waals surface area contributed by atoms with Gasteiger partial charge in [0.2, 0.25) is 10.0 Å². The van der Waals surface area contributed by atoms with Crippen LogP contribution in [0.1, 0.15) is 36.2 Å². The van der Waals surface area contributed by atoms with E-state index in [-0.39, 0.29) is 6.54 Å². The van der Waals surface area contributed by atoms with Crippen LogP contribution in [0.2, 0.25) is 0 Å². The van der Waals surface area contributed by atoms with E-state index in [1.54, 1.807) is 0 Å². The lowest BCUT2D eigenvalue weighted by Gasteiger charge is -2.28. The molecular weight excluding hydrogens is 336 g/mol. The Bertz CT molecular complexity index is 802. The Labute approximate surface area is 149 Å². The molecule has 0 amide bonds. The fraction of sp³-hybridized carbons (Fsp3) is 0.500. The molecule has 2 aromatic rings. The van der Waals surface area contributed by atoms with E-state index in [9.17, 15) is 8.42 Å². The number of benzene rings is 1. The molecule has 1 aromatic heterocycles. The van der Waals surface area contributed by atoms with Gasteiger partial charge in [-0.25, -0.2) is 13.1 Å². The molecule has 0 spiro atoms. The zero-order valence-electron chi connectivity index (χ0n) is 14.9. The van der Waals surface area contributed by atoms with E-state index in [0.717, 1.165) is 44.0 Å². The van der Waals surface area contributed by atoms with Crippen LogP contribution in [0.25, 0.3) is 0 Å². The Morgan fingerprint density at radius 3 is 2.72 bits per heavy atom. The molecule has 0 saturated heterocycles. The van der Waals surface area contributed by atoms with E-state index >= 15 is 0 Å². The minimum Gasteiger partial charge on any atom is -0.296 e. The zero-order valence-corrected chi connectivity index (χ0v) is 15.7. The average molecular weight is 362 g/mol. The minimum atomic E-state index is -3.19. The van der Waals surface area contributed by atoms with Crippen LogP contribution in [0, 0.1) is 0 Å². The number of aromatic nitrogens is 2. The van der Waals surface area contributed by atoms with E-state index in [4.69, 9.17) is 0 Å². The first-order valence-corrected chi connectivity index (χ1v) is 10.6. The maximum absolute atomic E-state index is 11.2. The first kappa shape index (κ1) is 18.1. The third-order valence-corrected chi connectivity index (χ3v) is 5.36. The van der Waals surface area contributed by atoms with Crippen LogP contribution < -0.4 is 4.72 Å². The molecule has 1 aliphatic rings. The van der Waals surface area contributed by atoms with Crippen molar-refractivity contribution in [3.8, 4) is 0 Å². The lowest BCUT2D eigenvalue weighted by molar-refractivity contribution is 0.207. The first-order valence-electron chi connectivity index (χ1n) is 8.68. The standard InChI is InChI=1S/C18H26N4O2S/c1-15(16-6-4-3-5-7-16)8-9-21-10-11-22-18(14-21)12-17(20-22)13-19-25(2,23)24/h3-7,12,15,19H,8-11,13-14H2,1-2H3/t15-/m0/s1. The molecule has 3 rings (SSSR count). The van der Waals surface area contributed by atoms with Crippen LogP contribution in [-0.2, 0) is 29.7 Å².